The van der Waals surface area contributed by atoms with Crippen LogP contribution in [0, 0.1) is 5.92 Å². The van der Waals surface area contributed by atoms with Crippen molar-refractivity contribution in [1.29, 1.82) is 0 Å². The first-order valence-electron chi connectivity index (χ1n) is 9.13. The number of aliphatic imine (C=N–C) groups is 1. The molecule has 0 spiro atoms. The second-order valence-corrected chi connectivity index (χ2v) is 7.05. The van der Waals surface area contributed by atoms with Crippen molar-refractivity contribution < 1.29 is 4.74 Å². The van der Waals surface area contributed by atoms with Crippen molar-refractivity contribution in [2.24, 2.45) is 16.6 Å². The molecule has 0 atom stereocenters. The van der Waals surface area contributed by atoms with E-state index in [1.165, 1.54) is 37.1 Å². The summed E-state index contributed by atoms with van der Waals surface area (Å²) < 4.78 is 5.34. The topological polar surface area (TPSA) is 54.1 Å². The monoisotopic (exact) mass is 410 g/mol. The number of hydrogen-bond donors (Lipinski definition) is 1. The van der Waals surface area contributed by atoms with Crippen molar-refractivity contribution in [3.8, 4) is 0 Å². The third kappa shape index (κ3) is 6.28. The van der Waals surface area contributed by atoms with Gasteiger partial charge in [-0.2, -0.15) is 0 Å². The molecule has 2 heterocycles. The minimum absolute atomic E-state index is 0. The lowest BCUT2D eigenvalue weighted by atomic mass is 9.99. The fraction of sp³-hybridized carbons (Fsp3) is 0.632. The Balaban J connectivity index is 0.00000225. The number of piperidine rings is 1. The van der Waals surface area contributed by atoms with Crippen molar-refractivity contribution in [3.63, 3.8) is 0 Å². The fourth-order valence-corrected chi connectivity index (χ4v) is 3.29. The van der Waals surface area contributed by atoms with Crippen LogP contribution in [0.1, 0.15) is 30.9 Å². The summed E-state index contributed by atoms with van der Waals surface area (Å²) in [6.45, 7) is 9.66. The molecule has 2 fully saturated rings. The van der Waals surface area contributed by atoms with Crippen LogP contribution in [-0.4, -0.2) is 55.2 Å². The minimum Gasteiger partial charge on any atom is -0.378 e. The van der Waals surface area contributed by atoms with E-state index < -0.39 is 0 Å². The standard InChI is InChI=1S/C19H30N4O.BrH/c1-16-6-8-22(9-7-16)15-18-4-2-17(3-5-18)14-21-19(20)23-10-12-24-13-11-23;/h2-5,16H,6-15H2,1H3,(H2,20,21);1H. The molecule has 0 aliphatic carbocycles. The van der Waals surface area contributed by atoms with Crippen molar-refractivity contribution in [3.05, 3.63) is 35.4 Å². The number of ether oxygens (including phenoxy) is 1. The van der Waals surface area contributed by atoms with Gasteiger partial charge in [0.25, 0.3) is 0 Å². The number of likely N-dealkylation sites (tertiary alicyclic amines) is 1. The summed E-state index contributed by atoms with van der Waals surface area (Å²) in [6, 6.07) is 8.82. The highest BCUT2D eigenvalue weighted by atomic mass is 79.9. The minimum atomic E-state index is 0. The molecule has 3 rings (SSSR count). The Morgan fingerprint density at radius 3 is 2.32 bits per heavy atom. The Labute approximate surface area is 162 Å². The molecule has 5 nitrogen and oxygen atoms in total. The zero-order chi connectivity index (χ0) is 16.8. The van der Waals surface area contributed by atoms with E-state index in [-0.39, 0.29) is 17.0 Å². The molecule has 2 aliphatic heterocycles. The van der Waals surface area contributed by atoms with Gasteiger partial charge in [0.1, 0.15) is 0 Å². The van der Waals surface area contributed by atoms with Crippen LogP contribution in [0.2, 0.25) is 0 Å². The number of guanidine groups is 1. The molecular formula is C19H31BrN4O. The molecule has 0 bridgehead atoms. The maximum atomic E-state index is 6.07. The van der Waals surface area contributed by atoms with Gasteiger partial charge in [0, 0.05) is 19.6 Å². The third-order valence-electron chi connectivity index (χ3n) is 5.06. The Kier molecular flexibility index (Phi) is 8.19. The van der Waals surface area contributed by atoms with Crippen LogP contribution < -0.4 is 5.73 Å². The number of rotatable bonds is 4. The maximum absolute atomic E-state index is 6.07. The van der Waals surface area contributed by atoms with Crippen molar-refractivity contribution >= 4 is 22.9 Å². The van der Waals surface area contributed by atoms with Crippen LogP contribution >= 0.6 is 17.0 Å². The van der Waals surface area contributed by atoms with Gasteiger partial charge in [0.15, 0.2) is 5.96 Å². The summed E-state index contributed by atoms with van der Waals surface area (Å²) in [6.07, 6.45) is 2.65. The molecule has 2 N–H and O–H groups in total. The summed E-state index contributed by atoms with van der Waals surface area (Å²) >= 11 is 0. The van der Waals surface area contributed by atoms with Crippen LogP contribution in [0.5, 0.6) is 0 Å². The SMILES string of the molecule is Br.CC1CCN(Cc2ccc(CN=C(N)N3CCOCC3)cc2)CC1. The van der Waals surface area contributed by atoms with Gasteiger partial charge in [-0.25, -0.2) is 4.99 Å². The maximum Gasteiger partial charge on any atom is 0.191 e. The summed E-state index contributed by atoms with van der Waals surface area (Å²) in [7, 11) is 0. The summed E-state index contributed by atoms with van der Waals surface area (Å²) in [4.78, 5) is 9.18. The normalized spacial score (nSPS) is 20.4. The van der Waals surface area contributed by atoms with Gasteiger partial charge in [0.05, 0.1) is 19.8 Å². The quantitative estimate of drug-likeness (QED) is 0.612. The average Bonchev–Trinajstić information content (AvgIpc) is 2.63. The van der Waals surface area contributed by atoms with E-state index in [2.05, 4.69) is 46.0 Å². The first-order chi connectivity index (χ1) is 11.7. The first-order valence-corrected chi connectivity index (χ1v) is 9.13. The fourth-order valence-electron chi connectivity index (χ4n) is 3.29. The Morgan fingerprint density at radius 1 is 1.08 bits per heavy atom. The first kappa shape index (κ1) is 20.2. The molecule has 0 radical (unpaired) electrons. The summed E-state index contributed by atoms with van der Waals surface area (Å²) in [5, 5.41) is 0. The van der Waals surface area contributed by atoms with Gasteiger partial charge in [0.2, 0.25) is 0 Å². The van der Waals surface area contributed by atoms with E-state index in [0.29, 0.717) is 12.5 Å². The smallest absolute Gasteiger partial charge is 0.191 e. The van der Waals surface area contributed by atoms with E-state index in [1.54, 1.807) is 0 Å². The molecule has 0 unspecified atom stereocenters. The molecule has 2 aliphatic rings. The van der Waals surface area contributed by atoms with Gasteiger partial charge in [-0.1, -0.05) is 31.2 Å². The van der Waals surface area contributed by atoms with Gasteiger partial charge >= 0.3 is 0 Å². The van der Waals surface area contributed by atoms with E-state index >= 15 is 0 Å². The lowest BCUT2D eigenvalue weighted by molar-refractivity contribution is 0.0674. The summed E-state index contributed by atoms with van der Waals surface area (Å²) in [5.41, 5.74) is 8.67. The number of hydrogen-bond acceptors (Lipinski definition) is 3. The molecule has 0 aromatic heterocycles. The second-order valence-electron chi connectivity index (χ2n) is 7.05. The van der Waals surface area contributed by atoms with Crippen LogP contribution in [0.25, 0.3) is 0 Å². The van der Waals surface area contributed by atoms with Gasteiger partial charge in [-0.3, -0.25) is 4.90 Å². The number of benzene rings is 1. The van der Waals surface area contributed by atoms with Gasteiger partial charge < -0.3 is 15.4 Å². The number of halogens is 1. The number of morpholine rings is 1. The van der Waals surface area contributed by atoms with E-state index in [9.17, 15) is 0 Å². The third-order valence-corrected chi connectivity index (χ3v) is 5.06. The molecule has 1 aromatic rings. The van der Waals surface area contributed by atoms with Gasteiger partial charge in [-0.05, 0) is 43.0 Å². The predicted octanol–water partition coefficient (Wildman–Crippen LogP) is 2.64. The van der Waals surface area contributed by atoms with E-state index in [1.807, 2.05) is 0 Å². The van der Waals surface area contributed by atoms with Crippen LogP contribution in [0.3, 0.4) is 0 Å². The largest absolute Gasteiger partial charge is 0.378 e. The highest BCUT2D eigenvalue weighted by Crippen LogP contribution is 2.18. The number of nitrogens with zero attached hydrogens (tertiary/aromatic N) is 3. The average molecular weight is 411 g/mol. The number of nitrogens with two attached hydrogens (primary N) is 1. The highest BCUT2D eigenvalue weighted by Gasteiger charge is 2.15. The van der Waals surface area contributed by atoms with Crippen LogP contribution in [-0.2, 0) is 17.8 Å². The van der Waals surface area contributed by atoms with Crippen LogP contribution in [0.15, 0.2) is 29.3 Å². The molecule has 2 saturated heterocycles. The molecular weight excluding hydrogens is 380 g/mol. The zero-order valence-corrected chi connectivity index (χ0v) is 16.9. The molecule has 25 heavy (non-hydrogen) atoms. The van der Waals surface area contributed by atoms with Crippen molar-refractivity contribution in [2.45, 2.75) is 32.9 Å². The van der Waals surface area contributed by atoms with Crippen LogP contribution in [0.4, 0.5) is 0 Å². The van der Waals surface area contributed by atoms with Crippen molar-refractivity contribution in [1.82, 2.24) is 9.80 Å². The molecule has 0 saturated carbocycles. The second kappa shape index (κ2) is 10.1. The summed E-state index contributed by atoms with van der Waals surface area (Å²) in [5.74, 6) is 1.52. The molecule has 1 aromatic carbocycles. The molecule has 0 amide bonds. The lowest BCUT2D eigenvalue weighted by Crippen LogP contribution is -2.44. The Bertz CT molecular complexity index is 535. The highest BCUT2D eigenvalue weighted by molar-refractivity contribution is 8.93. The predicted molar refractivity (Wildman–Crippen MR) is 108 cm³/mol. The zero-order valence-electron chi connectivity index (χ0n) is 15.2. The Hall–Kier alpha value is -1.11. The van der Waals surface area contributed by atoms with Crippen molar-refractivity contribution in [2.75, 3.05) is 39.4 Å². The van der Waals surface area contributed by atoms with E-state index in [0.717, 1.165) is 38.8 Å². The van der Waals surface area contributed by atoms with Gasteiger partial charge in [-0.15, -0.1) is 17.0 Å². The molecule has 140 valence electrons. The Morgan fingerprint density at radius 2 is 1.68 bits per heavy atom. The van der Waals surface area contributed by atoms with E-state index in [4.69, 9.17) is 10.5 Å². The molecule has 6 heteroatoms. The lowest BCUT2D eigenvalue weighted by Gasteiger charge is -2.30.